The van der Waals surface area contributed by atoms with Crippen molar-refractivity contribution in [2.75, 3.05) is 13.1 Å². The second kappa shape index (κ2) is 6.08. The van der Waals surface area contributed by atoms with E-state index in [9.17, 15) is 9.90 Å². The van der Waals surface area contributed by atoms with E-state index in [4.69, 9.17) is 5.73 Å². The van der Waals surface area contributed by atoms with E-state index in [0.29, 0.717) is 19.5 Å². The van der Waals surface area contributed by atoms with E-state index in [0.717, 1.165) is 19.3 Å². The lowest BCUT2D eigenvalue weighted by molar-refractivity contribution is -0.122. The second-order valence-corrected chi connectivity index (χ2v) is 4.61. The molecular weight excluding hydrogens is 192 g/mol. The molecule has 0 heterocycles. The fourth-order valence-electron chi connectivity index (χ4n) is 1.97. The van der Waals surface area contributed by atoms with Gasteiger partial charge >= 0.3 is 0 Å². The first-order chi connectivity index (χ1) is 7.13. The number of amides is 1. The van der Waals surface area contributed by atoms with Crippen LogP contribution in [0.25, 0.3) is 0 Å². The largest absolute Gasteiger partial charge is 0.393 e. The van der Waals surface area contributed by atoms with Crippen molar-refractivity contribution in [3.63, 3.8) is 0 Å². The summed E-state index contributed by atoms with van der Waals surface area (Å²) < 4.78 is 0. The minimum atomic E-state index is -0.225. The third-order valence-electron chi connectivity index (χ3n) is 3.12. The average Bonchev–Trinajstić information content (AvgIpc) is 2.61. The fourth-order valence-corrected chi connectivity index (χ4v) is 1.97. The number of aliphatic hydroxyl groups is 1. The number of hydrogen-bond acceptors (Lipinski definition) is 3. The highest BCUT2D eigenvalue weighted by Crippen LogP contribution is 2.24. The third-order valence-corrected chi connectivity index (χ3v) is 3.12. The van der Waals surface area contributed by atoms with Crippen molar-refractivity contribution in [3.05, 3.63) is 0 Å². The number of aliphatic hydroxyl groups excluding tert-OH is 1. The van der Waals surface area contributed by atoms with Crippen molar-refractivity contribution < 1.29 is 9.90 Å². The monoisotopic (exact) mass is 214 g/mol. The Morgan fingerprint density at radius 1 is 1.60 bits per heavy atom. The predicted octanol–water partition coefficient (Wildman–Crippen LogP) is 0.249. The van der Waals surface area contributed by atoms with Crippen LogP contribution in [0, 0.1) is 11.8 Å². The van der Waals surface area contributed by atoms with E-state index in [1.54, 1.807) is 0 Å². The van der Waals surface area contributed by atoms with E-state index >= 15 is 0 Å². The summed E-state index contributed by atoms with van der Waals surface area (Å²) in [6.45, 7) is 3.11. The molecule has 1 aliphatic rings. The summed E-state index contributed by atoms with van der Waals surface area (Å²) in [6, 6.07) is 0. The summed E-state index contributed by atoms with van der Waals surface area (Å²) in [5.41, 5.74) is 5.44. The van der Waals surface area contributed by atoms with Gasteiger partial charge in [-0.15, -0.1) is 0 Å². The molecule has 4 heteroatoms. The molecule has 0 spiro atoms. The molecule has 15 heavy (non-hydrogen) atoms. The third kappa shape index (κ3) is 4.18. The molecule has 1 fully saturated rings. The van der Waals surface area contributed by atoms with Gasteiger partial charge in [-0.3, -0.25) is 4.79 Å². The molecule has 0 bridgehead atoms. The number of nitrogens with one attached hydrogen (secondary N) is 1. The van der Waals surface area contributed by atoms with Crippen LogP contribution >= 0.6 is 0 Å². The van der Waals surface area contributed by atoms with Gasteiger partial charge in [-0.05, 0) is 25.3 Å². The van der Waals surface area contributed by atoms with Gasteiger partial charge in [0, 0.05) is 18.9 Å². The van der Waals surface area contributed by atoms with Gasteiger partial charge in [0.25, 0.3) is 0 Å². The van der Waals surface area contributed by atoms with Crippen LogP contribution in [0.3, 0.4) is 0 Å². The smallest absolute Gasteiger partial charge is 0.220 e. The summed E-state index contributed by atoms with van der Waals surface area (Å²) in [4.78, 5) is 11.4. The highest BCUT2D eigenvalue weighted by atomic mass is 16.3. The zero-order valence-electron chi connectivity index (χ0n) is 9.41. The van der Waals surface area contributed by atoms with Crippen molar-refractivity contribution in [3.8, 4) is 0 Å². The number of carbonyl (C=O) groups excluding carboxylic acids is 1. The van der Waals surface area contributed by atoms with Crippen LogP contribution in [-0.2, 0) is 4.79 Å². The topological polar surface area (TPSA) is 75.4 Å². The Morgan fingerprint density at radius 3 is 2.87 bits per heavy atom. The molecule has 0 saturated heterocycles. The van der Waals surface area contributed by atoms with E-state index < -0.39 is 0 Å². The van der Waals surface area contributed by atoms with E-state index in [1.165, 1.54) is 0 Å². The lowest BCUT2D eigenvalue weighted by Crippen LogP contribution is -2.33. The zero-order valence-corrected chi connectivity index (χ0v) is 9.41. The van der Waals surface area contributed by atoms with Crippen LogP contribution in [0.2, 0.25) is 0 Å². The highest BCUT2D eigenvalue weighted by Gasteiger charge is 2.25. The van der Waals surface area contributed by atoms with Crippen molar-refractivity contribution in [1.82, 2.24) is 5.32 Å². The van der Waals surface area contributed by atoms with Gasteiger partial charge in [0.2, 0.25) is 5.91 Å². The average molecular weight is 214 g/mol. The molecule has 4 N–H and O–H groups in total. The number of rotatable bonds is 5. The maximum absolute atomic E-state index is 11.4. The first-order valence-electron chi connectivity index (χ1n) is 5.78. The summed E-state index contributed by atoms with van der Waals surface area (Å²) in [5.74, 6) is 0.535. The minimum absolute atomic E-state index is 0.0482. The van der Waals surface area contributed by atoms with Gasteiger partial charge in [-0.25, -0.2) is 0 Å². The van der Waals surface area contributed by atoms with E-state index in [1.807, 2.05) is 6.92 Å². The molecule has 1 aliphatic carbocycles. The Labute approximate surface area is 91.2 Å². The number of nitrogens with two attached hydrogens (primary N) is 1. The maximum atomic E-state index is 11.4. The van der Waals surface area contributed by atoms with Crippen LogP contribution < -0.4 is 11.1 Å². The Bertz CT molecular complexity index is 209. The predicted molar refractivity (Wildman–Crippen MR) is 59.2 cm³/mol. The van der Waals surface area contributed by atoms with Gasteiger partial charge in [0.05, 0.1) is 6.10 Å². The molecule has 1 rings (SSSR count). The van der Waals surface area contributed by atoms with Crippen molar-refractivity contribution in [2.24, 2.45) is 17.6 Å². The van der Waals surface area contributed by atoms with E-state index in [-0.39, 0.29) is 23.8 Å². The highest BCUT2D eigenvalue weighted by molar-refractivity contribution is 5.76. The standard InChI is InChI=1S/C11H22N2O2/c1-8(6-12)5-11(15)13-7-9-3-2-4-10(9)14/h8-10,14H,2-7,12H2,1H3,(H,13,15). The summed E-state index contributed by atoms with van der Waals surface area (Å²) >= 11 is 0. The molecule has 0 aliphatic heterocycles. The van der Waals surface area contributed by atoms with Gasteiger partial charge in [-0.2, -0.15) is 0 Å². The Balaban J connectivity index is 2.16. The Kier molecular flexibility index (Phi) is 5.05. The molecule has 4 nitrogen and oxygen atoms in total. The minimum Gasteiger partial charge on any atom is -0.393 e. The molecule has 1 saturated carbocycles. The Morgan fingerprint density at radius 2 is 2.33 bits per heavy atom. The lowest BCUT2D eigenvalue weighted by atomic mass is 10.1. The molecule has 1 amide bonds. The molecular formula is C11H22N2O2. The summed E-state index contributed by atoms with van der Waals surface area (Å²) in [6.07, 6.45) is 3.23. The van der Waals surface area contributed by atoms with Gasteiger partial charge in [-0.1, -0.05) is 13.3 Å². The normalized spacial score (nSPS) is 27.7. The van der Waals surface area contributed by atoms with Crippen LogP contribution in [0.1, 0.15) is 32.6 Å². The molecule has 0 aromatic rings. The molecule has 0 aromatic carbocycles. The summed E-state index contributed by atoms with van der Waals surface area (Å²) in [5, 5.41) is 12.4. The van der Waals surface area contributed by atoms with Crippen LogP contribution in [0.5, 0.6) is 0 Å². The SMILES string of the molecule is CC(CN)CC(=O)NCC1CCCC1O. The molecule has 0 radical (unpaired) electrons. The molecule has 88 valence electrons. The summed E-state index contributed by atoms with van der Waals surface area (Å²) in [7, 11) is 0. The molecule has 0 aromatic heterocycles. The maximum Gasteiger partial charge on any atom is 0.220 e. The second-order valence-electron chi connectivity index (χ2n) is 4.61. The quantitative estimate of drug-likeness (QED) is 0.614. The van der Waals surface area contributed by atoms with Crippen molar-refractivity contribution in [1.29, 1.82) is 0 Å². The number of hydrogen-bond donors (Lipinski definition) is 3. The van der Waals surface area contributed by atoms with Crippen molar-refractivity contribution in [2.45, 2.75) is 38.7 Å². The van der Waals surface area contributed by atoms with Gasteiger partial charge in [0.1, 0.15) is 0 Å². The van der Waals surface area contributed by atoms with Crippen LogP contribution in [0.15, 0.2) is 0 Å². The van der Waals surface area contributed by atoms with E-state index in [2.05, 4.69) is 5.32 Å². The fraction of sp³-hybridized carbons (Fsp3) is 0.909. The Hall–Kier alpha value is -0.610. The van der Waals surface area contributed by atoms with Crippen LogP contribution in [0.4, 0.5) is 0 Å². The van der Waals surface area contributed by atoms with Gasteiger partial charge < -0.3 is 16.2 Å². The number of carbonyl (C=O) groups is 1. The lowest BCUT2D eigenvalue weighted by Gasteiger charge is -2.16. The first-order valence-corrected chi connectivity index (χ1v) is 5.78. The molecule has 3 atom stereocenters. The molecule has 3 unspecified atom stereocenters. The van der Waals surface area contributed by atoms with Gasteiger partial charge in [0.15, 0.2) is 0 Å². The van der Waals surface area contributed by atoms with Crippen LogP contribution in [-0.4, -0.2) is 30.2 Å². The first kappa shape index (κ1) is 12.5. The zero-order chi connectivity index (χ0) is 11.3. The van der Waals surface area contributed by atoms with Crippen molar-refractivity contribution >= 4 is 5.91 Å².